The first kappa shape index (κ1) is 21.4. The van der Waals surface area contributed by atoms with Crippen LogP contribution in [0.1, 0.15) is 34.5 Å². The molecule has 0 bridgehead atoms. The normalized spacial score (nSPS) is 11.6. The smallest absolute Gasteiger partial charge is 0.270 e. The van der Waals surface area contributed by atoms with Gasteiger partial charge in [0, 0.05) is 18.2 Å². The number of carbonyl (C=O) groups is 2. The van der Waals surface area contributed by atoms with E-state index in [1.54, 1.807) is 36.4 Å². The molecule has 156 valence electrons. The predicted octanol–water partition coefficient (Wildman–Crippen LogP) is 4.74. The molecule has 0 unspecified atom stereocenters. The molecule has 7 nitrogen and oxygen atoms in total. The maximum absolute atomic E-state index is 12.8. The minimum atomic E-state index is -0.497. The van der Waals surface area contributed by atoms with Crippen LogP contribution in [0.15, 0.2) is 84.9 Å². The molecule has 1 atom stereocenters. The highest BCUT2D eigenvalue weighted by molar-refractivity contribution is 6.07. The standard InChI is InChI=1S/C24H21N3O4/c1-17(19-9-3-2-4-10-19)25-24(29)21-12-5-6-13-22(21)26-23(28)15-14-18-8-7-11-20(16-18)27(30)31/h2-17H,1H3,(H,25,29)(H,26,28)/b15-14+/t17-/m1/s1. The maximum Gasteiger partial charge on any atom is 0.270 e. The zero-order chi connectivity index (χ0) is 22.2. The lowest BCUT2D eigenvalue weighted by Gasteiger charge is -2.16. The quantitative estimate of drug-likeness (QED) is 0.331. The fourth-order valence-electron chi connectivity index (χ4n) is 2.98. The fraction of sp³-hybridized carbons (Fsp3) is 0.0833. The molecule has 0 aliphatic rings. The molecule has 3 aromatic carbocycles. The van der Waals surface area contributed by atoms with Crippen LogP contribution in [0.25, 0.3) is 6.08 Å². The van der Waals surface area contributed by atoms with Crippen LogP contribution >= 0.6 is 0 Å². The van der Waals surface area contributed by atoms with E-state index in [1.807, 2.05) is 37.3 Å². The lowest BCUT2D eigenvalue weighted by Crippen LogP contribution is -2.27. The molecule has 0 aromatic heterocycles. The Morgan fingerprint density at radius 3 is 2.42 bits per heavy atom. The van der Waals surface area contributed by atoms with Crippen LogP contribution in [-0.4, -0.2) is 16.7 Å². The Kier molecular flexibility index (Phi) is 6.90. The van der Waals surface area contributed by atoms with Gasteiger partial charge in [-0.1, -0.05) is 54.6 Å². The zero-order valence-corrected chi connectivity index (χ0v) is 16.8. The summed E-state index contributed by atoms with van der Waals surface area (Å²) in [5.74, 6) is -0.766. The lowest BCUT2D eigenvalue weighted by molar-refractivity contribution is -0.384. The van der Waals surface area contributed by atoms with Crippen molar-refractivity contribution in [3.8, 4) is 0 Å². The van der Waals surface area contributed by atoms with Gasteiger partial charge in [0.15, 0.2) is 0 Å². The Bertz CT molecular complexity index is 1130. The molecule has 3 aromatic rings. The summed E-state index contributed by atoms with van der Waals surface area (Å²) in [7, 11) is 0. The van der Waals surface area contributed by atoms with Crippen molar-refractivity contribution in [3.05, 3.63) is 112 Å². The summed E-state index contributed by atoms with van der Waals surface area (Å²) < 4.78 is 0. The number of non-ortho nitro benzene ring substituents is 1. The van der Waals surface area contributed by atoms with Gasteiger partial charge in [0.25, 0.3) is 11.6 Å². The number of nitrogens with zero attached hydrogens (tertiary/aromatic N) is 1. The number of amides is 2. The third-order valence-corrected chi connectivity index (χ3v) is 4.58. The summed E-state index contributed by atoms with van der Waals surface area (Å²) >= 11 is 0. The highest BCUT2D eigenvalue weighted by Gasteiger charge is 2.15. The van der Waals surface area contributed by atoms with Crippen LogP contribution in [0.5, 0.6) is 0 Å². The number of hydrogen-bond donors (Lipinski definition) is 2. The van der Waals surface area contributed by atoms with Crippen molar-refractivity contribution in [2.75, 3.05) is 5.32 Å². The molecular weight excluding hydrogens is 394 g/mol. The van der Waals surface area contributed by atoms with E-state index in [4.69, 9.17) is 0 Å². The minimum absolute atomic E-state index is 0.0582. The van der Waals surface area contributed by atoms with E-state index < -0.39 is 10.8 Å². The number of carbonyl (C=O) groups excluding carboxylic acids is 2. The second-order valence-electron chi connectivity index (χ2n) is 6.83. The van der Waals surface area contributed by atoms with Crippen LogP contribution in [0, 0.1) is 10.1 Å². The molecule has 0 aliphatic heterocycles. The number of nitrogens with one attached hydrogen (secondary N) is 2. The molecule has 2 N–H and O–H groups in total. The largest absolute Gasteiger partial charge is 0.345 e. The van der Waals surface area contributed by atoms with Crippen molar-refractivity contribution in [1.82, 2.24) is 5.32 Å². The SMILES string of the molecule is C[C@@H](NC(=O)c1ccccc1NC(=O)/C=C/c1cccc([N+](=O)[O-])c1)c1ccccc1. The summed E-state index contributed by atoms with van der Waals surface area (Å²) in [5.41, 5.74) is 2.14. The molecule has 0 fully saturated rings. The minimum Gasteiger partial charge on any atom is -0.345 e. The highest BCUT2D eigenvalue weighted by atomic mass is 16.6. The van der Waals surface area contributed by atoms with E-state index in [2.05, 4.69) is 10.6 Å². The van der Waals surface area contributed by atoms with Gasteiger partial charge in [-0.3, -0.25) is 19.7 Å². The van der Waals surface area contributed by atoms with Crippen molar-refractivity contribution in [3.63, 3.8) is 0 Å². The summed E-state index contributed by atoms with van der Waals surface area (Å²) in [6, 6.07) is 22.0. The molecule has 3 rings (SSSR count). The Balaban J connectivity index is 1.70. The van der Waals surface area contributed by atoms with Gasteiger partial charge in [0.1, 0.15) is 0 Å². The first-order chi connectivity index (χ1) is 14.9. The second-order valence-corrected chi connectivity index (χ2v) is 6.83. The molecule has 31 heavy (non-hydrogen) atoms. The van der Waals surface area contributed by atoms with Crippen LogP contribution < -0.4 is 10.6 Å². The first-order valence-corrected chi connectivity index (χ1v) is 9.62. The summed E-state index contributed by atoms with van der Waals surface area (Å²) in [6.45, 7) is 1.89. The Morgan fingerprint density at radius 2 is 1.68 bits per heavy atom. The molecule has 0 heterocycles. The maximum atomic E-state index is 12.8. The van der Waals surface area contributed by atoms with Crippen molar-refractivity contribution in [1.29, 1.82) is 0 Å². The topological polar surface area (TPSA) is 101 Å². The number of nitro benzene ring substituents is 1. The van der Waals surface area contributed by atoms with Gasteiger partial charge in [-0.05, 0) is 36.3 Å². The van der Waals surface area contributed by atoms with E-state index in [9.17, 15) is 19.7 Å². The fourth-order valence-corrected chi connectivity index (χ4v) is 2.98. The van der Waals surface area contributed by atoms with Gasteiger partial charge < -0.3 is 10.6 Å². The number of nitro groups is 1. The predicted molar refractivity (Wildman–Crippen MR) is 120 cm³/mol. The third-order valence-electron chi connectivity index (χ3n) is 4.58. The zero-order valence-electron chi connectivity index (χ0n) is 16.8. The van der Waals surface area contributed by atoms with Crippen LogP contribution in [0.4, 0.5) is 11.4 Å². The first-order valence-electron chi connectivity index (χ1n) is 9.62. The number of rotatable bonds is 7. The molecular formula is C24H21N3O4. The summed E-state index contributed by atoms with van der Waals surface area (Å²) in [4.78, 5) is 35.5. The molecule has 7 heteroatoms. The number of anilines is 1. The molecule has 0 radical (unpaired) electrons. The van der Waals surface area contributed by atoms with E-state index >= 15 is 0 Å². The molecule has 0 saturated heterocycles. The van der Waals surface area contributed by atoms with Gasteiger partial charge in [-0.25, -0.2) is 0 Å². The molecule has 0 saturated carbocycles. The summed E-state index contributed by atoms with van der Waals surface area (Å²) in [5, 5.41) is 16.5. The van der Waals surface area contributed by atoms with E-state index in [0.29, 0.717) is 16.8 Å². The van der Waals surface area contributed by atoms with Crippen LogP contribution in [0.3, 0.4) is 0 Å². The molecule has 0 spiro atoms. The van der Waals surface area contributed by atoms with Crippen molar-refractivity contribution >= 4 is 29.3 Å². The lowest BCUT2D eigenvalue weighted by atomic mass is 10.1. The van der Waals surface area contributed by atoms with Gasteiger partial charge >= 0.3 is 0 Å². The number of benzene rings is 3. The molecule has 0 aliphatic carbocycles. The van der Waals surface area contributed by atoms with Gasteiger partial charge in [-0.15, -0.1) is 0 Å². The van der Waals surface area contributed by atoms with Crippen molar-refractivity contribution < 1.29 is 14.5 Å². The van der Waals surface area contributed by atoms with Crippen LogP contribution in [0.2, 0.25) is 0 Å². The number of para-hydroxylation sites is 1. The number of hydrogen-bond acceptors (Lipinski definition) is 4. The van der Waals surface area contributed by atoms with Crippen molar-refractivity contribution in [2.24, 2.45) is 0 Å². The van der Waals surface area contributed by atoms with Crippen molar-refractivity contribution in [2.45, 2.75) is 13.0 Å². The van der Waals surface area contributed by atoms with Gasteiger partial charge in [0.2, 0.25) is 5.91 Å². The highest BCUT2D eigenvalue weighted by Crippen LogP contribution is 2.18. The molecule has 2 amide bonds. The Morgan fingerprint density at radius 1 is 0.968 bits per heavy atom. The third kappa shape index (κ3) is 5.86. The Labute approximate surface area is 179 Å². The van der Waals surface area contributed by atoms with E-state index in [0.717, 1.165) is 5.56 Å². The summed E-state index contributed by atoms with van der Waals surface area (Å²) in [6.07, 6.45) is 2.74. The monoisotopic (exact) mass is 415 g/mol. The van der Waals surface area contributed by atoms with Gasteiger partial charge in [-0.2, -0.15) is 0 Å². The average molecular weight is 415 g/mol. The average Bonchev–Trinajstić information content (AvgIpc) is 2.78. The van der Waals surface area contributed by atoms with Crippen LogP contribution in [-0.2, 0) is 4.79 Å². The van der Waals surface area contributed by atoms with Gasteiger partial charge in [0.05, 0.1) is 22.2 Å². The van der Waals surface area contributed by atoms with E-state index in [-0.39, 0.29) is 17.6 Å². The second kappa shape index (κ2) is 9.98. The Hall–Kier alpha value is -4.26. The van der Waals surface area contributed by atoms with E-state index in [1.165, 1.54) is 24.3 Å².